The van der Waals surface area contributed by atoms with Crippen molar-refractivity contribution in [3.8, 4) is 0 Å². The van der Waals surface area contributed by atoms with Gasteiger partial charge in [-0.3, -0.25) is 0 Å². The second-order valence-corrected chi connectivity index (χ2v) is 6.72. The van der Waals surface area contributed by atoms with E-state index in [9.17, 15) is 9.50 Å². The minimum absolute atomic E-state index is 0.0854. The maximum atomic E-state index is 14.2. The third-order valence-corrected chi connectivity index (χ3v) is 5.22. The summed E-state index contributed by atoms with van der Waals surface area (Å²) in [4.78, 5) is 0. The van der Waals surface area contributed by atoms with Crippen molar-refractivity contribution < 1.29 is 9.50 Å². The summed E-state index contributed by atoms with van der Waals surface area (Å²) >= 11 is 0. The number of halogens is 1. The van der Waals surface area contributed by atoms with Gasteiger partial charge in [-0.05, 0) is 50.5 Å². The Balaban J connectivity index is 1.75. The van der Waals surface area contributed by atoms with E-state index < -0.39 is 0 Å². The zero-order valence-corrected chi connectivity index (χ0v) is 12.6. The first-order valence-electron chi connectivity index (χ1n) is 8.42. The molecule has 2 fully saturated rings. The van der Waals surface area contributed by atoms with Crippen LogP contribution in [0.5, 0.6) is 0 Å². The molecule has 2 N–H and O–H groups in total. The molecule has 0 bridgehead atoms. The molecule has 0 aromatic heterocycles. The smallest absolute Gasteiger partial charge is 0.127 e. The van der Waals surface area contributed by atoms with Crippen LogP contribution in [-0.4, -0.2) is 17.3 Å². The lowest BCUT2D eigenvalue weighted by atomic mass is 9.87. The number of hydrogen-bond acceptors (Lipinski definition) is 2. The van der Waals surface area contributed by atoms with Gasteiger partial charge in [0.15, 0.2) is 0 Å². The summed E-state index contributed by atoms with van der Waals surface area (Å²) in [6, 6.07) is 7.76. The van der Waals surface area contributed by atoms with E-state index in [0.717, 1.165) is 31.2 Å². The standard InChI is InChI=1S/C18H26FNO/c19-17-8-4-3-7-16(17)18(13-5-1-2-6-13)20-14-9-11-15(21)12-10-14/h3-4,7-8,13-15,18,20-21H,1-2,5-6,9-12H2. The zero-order valence-electron chi connectivity index (χ0n) is 12.6. The summed E-state index contributed by atoms with van der Waals surface area (Å²) in [5.74, 6) is 0.464. The van der Waals surface area contributed by atoms with Crippen LogP contribution < -0.4 is 5.32 Å². The van der Waals surface area contributed by atoms with Crippen LogP contribution in [0.4, 0.5) is 4.39 Å². The van der Waals surface area contributed by atoms with E-state index >= 15 is 0 Å². The van der Waals surface area contributed by atoms with Gasteiger partial charge in [-0.1, -0.05) is 31.0 Å². The van der Waals surface area contributed by atoms with Gasteiger partial charge < -0.3 is 10.4 Å². The van der Waals surface area contributed by atoms with E-state index in [1.54, 1.807) is 12.1 Å². The first kappa shape index (κ1) is 15.0. The highest BCUT2D eigenvalue weighted by atomic mass is 19.1. The molecule has 2 aliphatic carbocycles. The molecule has 3 heteroatoms. The molecule has 116 valence electrons. The van der Waals surface area contributed by atoms with Crippen molar-refractivity contribution in [3.05, 3.63) is 35.6 Å². The minimum Gasteiger partial charge on any atom is -0.393 e. The van der Waals surface area contributed by atoms with Crippen LogP contribution in [0.25, 0.3) is 0 Å². The molecule has 2 saturated carbocycles. The van der Waals surface area contributed by atoms with Crippen LogP contribution in [0.3, 0.4) is 0 Å². The summed E-state index contributed by atoms with van der Waals surface area (Å²) < 4.78 is 14.2. The monoisotopic (exact) mass is 291 g/mol. The normalized spacial score (nSPS) is 28.7. The van der Waals surface area contributed by atoms with Crippen LogP contribution in [0, 0.1) is 11.7 Å². The van der Waals surface area contributed by atoms with Crippen molar-refractivity contribution in [1.29, 1.82) is 0 Å². The molecule has 1 aromatic carbocycles. The number of benzene rings is 1. The van der Waals surface area contributed by atoms with Crippen molar-refractivity contribution in [1.82, 2.24) is 5.32 Å². The van der Waals surface area contributed by atoms with E-state index in [0.29, 0.717) is 12.0 Å². The van der Waals surface area contributed by atoms with E-state index in [-0.39, 0.29) is 18.0 Å². The Bertz CT molecular complexity index is 450. The fraction of sp³-hybridized carbons (Fsp3) is 0.667. The number of hydrogen-bond donors (Lipinski definition) is 2. The van der Waals surface area contributed by atoms with Gasteiger partial charge in [-0.25, -0.2) is 4.39 Å². The molecular weight excluding hydrogens is 265 g/mol. The van der Waals surface area contributed by atoms with Crippen LogP contribution in [0.15, 0.2) is 24.3 Å². The molecule has 0 aliphatic heterocycles. The van der Waals surface area contributed by atoms with Crippen molar-refractivity contribution in [2.24, 2.45) is 5.92 Å². The lowest BCUT2D eigenvalue weighted by molar-refractivity contribution is 0.111. The third kappa shape index (κ3) is 3.64. The first-order valence-corrected chi connectivity index (χ1v) is 8.42. The lowest BCUT2D eigenvalue weighted by Gasteiger charge is -2.33. The van der Waals surface area contributed by atoms with Crippen LogP contribution in [0.2, 0.25) is 0 Å². The van der Waals surface area contributed by atoms with E-state index in [2.05, 4.69) is 5.32 Å². The molecule has 21 heavy (non-hydrogen) atoms. The van der Waals surface area contributed by atoms with Gasteiger partial charge in [-0.2, -0.15) is 0 Å². The van der Waals surface area contributed by atoms with Gasteiger partial charge in [0.1, 0.15) is 5.82 Å². The Morgan fingerprint density at radius 2 is 1.67 bits per heavy atom. The van der Waals surface area contributed by atoms with Crippen LogP contribution in [0.1, 0.15) is 63.0 Å². The molecule has 3 rings (SSSR count). The summed E-state index contributed by atoms with van der Waals surface area (Å²) in [6.45, 7) is 0. The second-order valence-electron chi connectivity index (χ2n) is 6.72. The maximum Gasteiger partial charge on any atom is 0.127 e. The second kappa shape index (κ2) is 6.89. The van der Waals surface area contributed by atoms with Gasteiger partial charge >= 0.3 is 0 Å². The van der Waals surface area contributed by atoms with Crippen molar-refractivity contribution in [3.63, 3.8) is 0 Å². The highest BCUT2D eigenvalue weighted by Gasteiger charge is 2.31. The SMILES string of the molecule is OC1CCC(NC(c2ccccc2F)C2CCCC2)CC1. The van der Waals surface area contributed by atoms with Gasteiger partial charge in [-0.15, -0.1) is 0 Å². The molecule has 0 heterocycles. The van der Waals surface area contributed by atoms with Gasteiger partial charge in [0.25, 0.3) is 0 Å². The highest BCUT2D eigenvalue weighted by molar-refractivity contribution is 5.22. The van der Waals surface area contributed by atoms with E-state index in [1.165, 1.54) is 25.7 Å². The Kier molecular flexibility index (Phi) is 4.91. The largest absolute Gasteiger partial charge is 0.393 e. The number of aliphatic hydroxyl groups excluding tert-OH is 1. The fourth-order valence-electron chi connectivity index (χ4n) is 3.99. The van der Waals surface area contributed by atoms with Gasteiger partial charge in [0.2, 0.25) is 0 Å². The van der Waals surface area contributed by atoms with E-state index in [4.69, 9.17) is 0 Å². The molecule has 2 nitrogen and oxygen atoms in total. The number of aliphatic hydroxyl groups is 1. The van der Waals surface area contributed by atoms with Gasteiger partial charge in [0.05, 0.1) is 6.10 Å². The molecule has 0 radical (unpaired) electrons. The fourth-order valence-corrected chi connectivity index (χ4v) is 3.99. The third-order valence-electron chi connectivity index (χ3n) is 5.22. The number of nitrogens with one attached hydrogen (secondary N) is 1. The molecule has 0 saturated heterocycles. The van der Waals surface area contributed by atoms with Crippen molar-refractivity contribution in [2.45, 2.75) is 69.6 Å². The van der Waals surface area contributed by atoms with Crippen molar-refractivity contribution in [2.75, 3.05) is 0 Å². The molecule has 0 amide bonds. The Morgan fingerprint density at radius 3 is 2.33 bits per heavy atom. The quantitative estimate of drug-likeness (QED) is 0.880. The molecule has 1 unspecified atom stereocenters. The molecule has 1 aromatic rings. The minimum atomic E-state index is -0.138. The maximum absolute atomic E-state index is 14.2. The summed E-state index contributed by atoms with van der Waals surface area (Å²) in [5.41, 5.74) is 0.829. The molecule has 2 aliphatic rings. The Morgan fingerprint density at radius 1 is 1.00 bits per heavy atom. The van der Waals surface area contributed by atoms with Crippen LogP contribution in [-0.2, 0) is 0 Å². The first-order chi connectivity index (χ1) is 10.2. The predicted molar refractivity (Wildman–Crippen MR) is 82.5 cm³/mol. The average molecular weight is 291 g/mol. The number of rotatable bonds is 4. The van der Waals surface area contributed by atoms with Crippen LogP contribution >= 0.6 is 0 Å². The summed E-state index contributed by atoms with van der Waals surface area (Å²) in [5, 5.41) is 13.4. The Hall–Kier alpha value is -0.930. The molecule has 1 atom stereocenters. The summed E-state index contributed by atoms with van der Waals surface area (Å²) in [6.07, 6.45) is 8.52. The predicted octanol–water partition coefficient (Wildman–Crippen LogP) is 3.95. The summed E-state index contributed by atoms with van der Waals surface area (Å²) in [7, 11) is 0. The highest BCUT2D eigenvalue weighted by Crippen LogP contribution is 2.37. The topological polar surface area (TPSA) is 32.3 Å². The van der Waals surface area contributed by atoms with Gasteiger partial charge in [0, 0.05) is 17.6 Å². The molecular formula is C18H26FNO. The lowest BCUT2D eigenvalue weighted by Crippen LogP contribution is -2.39. The van der Waals surface area contributed by atoms with Crippen molar-refractivity contribution >= 4 is 0 Å². The average Bonchev–Trinajstić information content (AvgIpc) is 3.02. The molecule has 0 spiro atoms. The Labute approximate surface area is 126 Å². The van der Waals surface area contributed by atoms with E-state index in [1.807, 2.05) is 12.1 Å². The zero-order chi connectivity index (χ0) is 14.7.